The van der Waals surface area contributed by atoms with Crippen molar-refractivity contribution in [1.82, 2.24) is 15.1 Å². The van der Waals surface area contributed by atoms with Crippen molar-refractivity contribution in [3.63, 3.8) is 0 Å². The molecule has 80 valence electrons. The summed E-state index contributed by atoms with van der Waals surface area (Å²) in [5, 5.41) is 2.45. The lowest BCUT2D eigenvalue weighted by atomic mass is 10.6. The van der Waals surface area contributed by atoms with Gasteiger partial charge in [-0.2, -0.15) is 0 Å². The van der Waals surface area contributed by atoms with E-state index in [0.29, 0.717) is 6.54 Å². The molecule has 0 aromatic heterocycles. The van der Waals surface area contributed by atoms with Crippen molar-refractivity contribution < 1.29 is 14.4 Å². The first-order chi connectivity index (χ1) is 6.41. The first kappa shape index (κ1) is 12.4. The molecule has 0 aliphatic rings. The summed E-state index contributed by atoms with van der Waals surface area (Å²) in [4.78, 5) is 35.1. The van der Waals surface area contributed by atoms with Crippen LogP contribution < -0.4 is 5.32 Å². The summed E-state index contributed by atoms with van der Waals surface area (Å²) in [6, 6.07) is -1.17. The van der Waals surface area contributed by atoms with Crippen LogP contribution in [0.3, 0.4) is 0 Å². The number of amides is 5. The van der Waals surface area contributed by atoms with Gasteiger partial charge in [-0.25, -0.2) is 14.5 Å². The molecule has 0 fully saturated rings. The van der Waals surface area contributed by atoms with Gasteiger partial charge in [0, 0.05) is 27.6 Å². The molecular formula is C8H15N3O3. The third-order valence-electron chi connectivity index (χ3n) is 1.68. The summed E-state index contributed by atoms with van der Waals surface area (Å²) in [6.45, 7) is 3.43. The number of rotatable bonds is 1. The third-order valence-corrected chi connectivity index (χ3v) is 1.68. The summed E-state index contributed by atoms with van der Waals surface area (Å²) < 4.78 is 0. The van der Waals surface area contributed by atoms with Gasteiger partial charge >= 0.3 is 12.1 Å². The number of hydrogen-bond acceptors (Lipinski definition) is 3. The molecule has 0 aromatic carbocycles. The highest BCUT2D eigenvalue weighted by molar-refractivity contribution is 6.00. The number of nitrogens with one attached hydrogen (secondary N) is 1. The Kier molecular flexibility index (Phi) is 4.62. The molecular weight excluding hydrogens is 186 g/mol. The van der Waals surface area contributed by atoms with Crippen LogP contribution in [0.15, 0.2) is 0 Å². The van der Waals surface area contributed by atoms with Gasteiger partial charge in [0.05, 0.1) is 0 Å². The average molecular weight is 201 g/mol. The maximum absolute atomic E-state index is 11.4. The zero-order valence-corrected chi connectivity index (χ0v) is 8.83. The van der Waals surface area contributed by atoms with E-state index >= 15 is 0 Å². The number of carbonyl (C=O) groups is 3. The molecule has 6 nitrogen and oxygen atoms in total. The molecule has 0 spiro atoms. The minimum atomic E-state index is -0.650. The predicted octanol–water partition coefficient (Wildman–Crippen LogP) is 0.246. The first-order valence-electron chi connectivity index (χ1n) is 4.21. The minimum Gasteiger partial charge on any atom is -0.338 e. The summed E-state index contributed by atoms with van der Waals surface area (Å²) in [6.07, 6.45) is 0. The van der Waals surface area contributed by atoms with E-state index in [9.17, 15) is 14.4 Å². The van der Waals surface area contributed by atoms with Gasteiger partial charge in [-0.1, -0.05) is 0 Å². The molecule has 5 amide bonds. The van der Waals surface area contributed by atoms with Gasteiger partial charge in [0.1, 0.15) is 0 Å². The van der Waals surface area contributed by atoms with Crippen LogP contribution in [0.1, 0.15) is 13.8 Å². The smallest absolute Gasteiger partial charge is 0.334 e. The third kappa shape index (κ3) is 3.04. The standard InChI is InChI=1S/C8H15N3O3/c1-5-9-7(13)11(4)8(14)10(3)6(2)12/h5H2,1-4H3,(H,9,13). The monoisotopic (exact) mass is 201 g/mol. The zero-order valence-electron chi connectivity index (χ0n) is 8.83. The van der Waals surface area contributed by atoms with Crippen molar-refractivity contribution >= 4 is 18.0 Å². The van der Waals surface area contributed by atoms with Gasteiger partial charge in [0.15, 0.2) is 0 Å². The quantitative estimate of drug-likeness (QED) is 0.661. The van der Waals surface area contributed by atoms with Crippen LogP contribution in [0.4, 0.5) is 9.59 Å². The van der Waals surface area contributed by atoms with E-state index < -0.39 is 18.0 Å². The van der Waals surface area contributed by atoms with Crippen molar-refractivity contribution in [2.75, 3.05) is 20.6 Å². The normalized spacial score (nSPS) is 9.14. The highest BCUT2D eigenvalue weighted by Gasteiger charge is 2.21. The highest BCUT2D eigenvalue weighted by atomic mass is 16.2. The number of imide groups is 2. The zero-order chi connectivity index (χ0) is 11.3. The number of nitrogens with zero attached hydrogens (tertiary/aromatic N) is 2. The molecule has 0 bridgehead atoms. The maximum Gasteiger partial charge on any atom is 0.334 e. The summed E-state index contributed by atoms with van der Waals surface area (Å²) >= 11 is 0. The SMILES string of the molecule is CCNC(=O)N(C)C(=O)N(C)C(C)=O. The van der Waals surface area contributed by atoms with E-state index in [1.165, 1.54) is 21.0 Å². The number of hydrogen-bond donors (Lipinski definition) is 1. The summed E-state index contributed by atoms with van der Waals surface area (Å²) in [5.74, 6) is -0.411. The van der Waals surface area contributed by atoms with Gasteiger partial charge in [0.2, 0.25) is 5.91 Å². The Balaban J connectivity index is 4.38. The van der Waals surface area contributed by atoms with Crippen molar-refractivity contribution in [2.24, 2.45) is 0 Å². The second kappa shape index (κ2) is 5.21. The second-order valence-electron chi connectivity index (χ2n) is 2.76. The molecule has 0 unspecified atom stereocenters. The largest absolute Gasteiger partial charge is 0.338 e. The fourth-order valence-electron chi connectivity index (χ4n) is 0.716. The Morgan fingerprint density at radius 3 is 2.00 bits per heavy atom. The molecule has 0 aliphatic heterocycles. The van der Waals surface area contributed by atoms with Crippen LogP contribution in [0.2, 0.25) is 0 Å². The predicted molar refractivity (Wildman–Crippen MR) is 50.7 cm³/mol. The van der Waals surface area contributed by atoms with Crippen LogP contribution in [0.5, 0.6) is 0 Å². The lowest BCUT2D eigenvalue weighted by molar-refractivity contribution is -0.125. The molecule has 1 N–H and O–H groups in total. The molecule has 14 heavy (non-hydrogen) atoms. The second-order valence-corrected chi connectivity index (χ2v) is 2.76. The lowest BCUT2D eigenvalue weighted by Crippen LogP contribution is -2.47. The molecule has 0 radical (unpaired) electrons. The summed E-state index contributed by atoms with van der Waals surface area (Å²) in [5.41, 5.74) is 0. The molecule has 0 heterocycles. The molecule has 0 atom stereocenters. The fourth-order valence-corrected chi connectivity index (χ4v) is 0.716. The average Bonchev–Trinajstić information content (AvgIpc) is 2.14. The Hall–Kier alpha value is -1.59. The Morgan fingerprint density at radius 1 is 1.14 bits per heavy atom. The van der Waals surface area contributed by atoms with Crippen LogP contribution in [0.25, 0.3) is 0 Å². The van der Waals surface area contributed by atoms with Crippen molar-refractivity contribution in [3.05, 3.63) is 0 Å². The van der Waals surface area contributed by atoms with Crippen LogP contribution in [-0.4, -0.2) is 48.4 Å². The molecule has 6 heteroatoms. The van der Waals surface area contributed by atoms with Crippen LogP contribution in [0, 0.1) is 0 Å². The van der Waals surface area contributed by atoms with Crippen molar-refractivity contribution in [2.45, 2.75) is 13.8 Å². The van der Waals surface area contributed by atoms with Gasteiger partial charge in [-0.3, -0.25) is 9.69 Å². The molecule has 0 saturated carbocycles. The van der Waals surface area contributed by atoms with E-state index in [1.54, 1.807) is 6.92 Å². The van der Waals surface area contributed by atoms with Gasteiger partial charge in [0.25, 0.3) is 0 Å². The van der Waals surface area contributed by atoms with Gasteiger partial charge in [-0.05, 0) is 6.92 Å². The Labute approximate surface area is 82.8 Å². The number of carbonyl (C=O) groups excluding carboxylic acids is 3. The molecule has 0 aliphatic carbocycles. The lowest BCUT2D eigenvalue weighted by Gasteiger charge is -2.20. The van der Waals surface area contributed by atoms with E-state index in [0.717, 1.165) is 9.80 Å². The fraction of sp³-hybridized carbons (Fsp3) is 0.625. The van der Waals surface area contributed by atoms with E-state index in [4.69, 9.17) is 0 Å². The van der Waals surface area contributed by atoms with Gasteiger partial charge in [-0.15, -0.1) is 0 Å². The van der Waals surface area contributed by atoms with E-state index in [2.05, 4.69) is 5.32 Å². The minimum absolute atomic E-state index is 0.411. The Bertz CT molecular complexity index is 252. The van der Waals surface area contributed by atoms with Crippen molar-refractivity contribution in [1.29, 1.82) is 0 Å². The highest BCUT2D eigenvalue weighted by Crippen LogP contribution is 1.94. The van der Waals surface area contributed by atoms with Crippen LogP contribution >= 0.6 is 0 Å². The van der Waals surface area contributed by atoms with E-state index in [-0.39, 0.29) is 0 Å². The molecule has 0 saturated heterocycles. The topological polar surface area (TPSA) is 69.7 Å². The maximum atomic E-state index is 11.4. The van der Waals surface area contributed by atoms with Crippen molar-refractivity contribution in [3.8, 4) is 0 Å². The van der Waals surface area contributed by atoms with E-state index in [1.807, 2.05) is 0 Å². The van der Waals surface area contributed by atoms with Gasteiger partial charge < -0.3 is 5.32 Å². The number of urea groups is 2. The summed E-state index contributed by atoms with van der Waals surface area (Å²) in [7, 11) is 2.63. The first-order valence-corrected chi connectivity index (χ1v) is 4.21. The molecule has 0 rings (SSSR count). The van der Waals surface area contributed by atoms with Crippen LogP contribution in [-0.2, 0) is 4.79 Å². The Morgan fingerprint density at radius 2 is 1.64 bits per heavy atom. The molecule has 0 aromatic rings.